The Morgan fingerprint density at radius 3 is 2.57 bits per heavy atom. The van der Waals surface area contributed by atoms with E-state index in [0.717, 1.165) is 6.26 Å². The van der Waals surface area contributed by atoms with Gasteiger partial charge in [-0.2, -0.15) is 4.31 Å². The summed E-state index contributed by atoms with van der Waals surface area (Å²) < 4.78 is 30.9. The molecule has 0 unspecified atom stereocenters. The van der Waals surface area contributed by atoms with Gasteiger partial charge in [0.2, 0.25) is 15.9 Å². The maximum atomic E-state index is 12.9. The maximum Gasteiger partial charge on any atom is 0.321 e. The number of carbonyl (C=O) groups is 2. The second-order valence-electron chi connectivity index (χ2n) is 7.61. The number of anilines is 1. The van der Waals surface area contributed by atoms with Crippen molar-refractivity contribution in [1.82, 2.24) is 14.1 Å². The highest BCUT2D eigenvalue weighted by Gasteiger charge is 2.47. The van der Waals surface area contributed by atoms with Crippen LogP contribution in [0, 0.1) is 5.41 Å². The van der Waals surface area contributed by atoms with Crippen molar-refractivity contribution in [2.75, 3.05) is 58.5 Å². The predicted octanol–water partition coefficient (Wildman–Crippen LogP) is 0.653. The first-order valence-electron chi connectivity index (χ1n) is 9.01. The van der Waals surface area contributed by atoms with Gasteiger partial charge in [0.1, 0.15) is 5.75 Å². The van der Waals surface area contributed by atoms with Gasteiger partial charge in [0.05, 0.1) is 13.4 Å². The summed E-state index contributed by atoms with van der Waals surface area (Å²) in [5, 5.41) is 2.84. The summed E-state index contributed by atoms with van der Waals surface area (Å²) in [4.78, 5) is 28.3. The Hall–Kier alpha value is -2.33. The molecule has 2 heterocycles. The fourth-order valence-corrected chi connectivity index (χ4v) is 4.82. The lowest BCUT2D eigenvalue weighted by Gasteiger charge is -2.32. The van der Waals surface area contributed by atoms with Gasteiger partial charge in [0.25, 0.3) is 0 Å². The Bertz CT molecular complexity index is 874. The first-order chi connectivity index (χ1) is 13.1. The fraction of sp³-hybridized carbons (Fsp3) is 0.556. The molecule has 3 rings (SSSR count). The molecule has 0 saturated carbocycles. The van der Waals surface area contributed by atoms with Crippen LogP contribution in [0.5, 0.6) is 5.75 Å². The van der Waals surface area contributed by atoms with E-state index in [0.29, 0.717) is 24.5 Å². The number of nitrogens with zero attached hydrogens (tertiary/aromatic N) is 3. The number of ether oxygens (including phenoxy) is 1. The molecule has 28 heavy (non-hydrogen) atoms. The molecule has 0 bridgehead atoms. The molecule has 1 atom stereocenters. The second kappa shape index (κ2) is 7.59. The maximum absolute atomic E-state index is 12.9. The molecule has 9 nitrogen and oxygen atoms in total. The molecule has 1 spiro atoms. The van der Waals surface area contributed by atoms with Gasteiger partial charge in [-0.1, -0.05) is 6.07 Å². The SMILES string of the molecule is COc1cccc(NC(=O)N2CCN(S(C)(=O)=O)C[C@@]3(CC(=O)N(C)C3)C2)c1. The normalized spacial score (nSPS) is 23.8. The number of urea groups is 1. The molecule has 10 heteroatoms. The van der Waals surface area contributed by atoms with E-state index in [1.165, 1.54) is 4.31 Å². The van der Waals surface area contributed by atoms with Gasteiger partial charge in [-0.3, -0.25) is 4.79 Å². The lowest BCUT2D eigenvalue weighted by molar-refractivity contribution is -0.126. The van der Waals surface area contributed by atoms with Crippen LogP contribution >= 0.6 is 0 Å². The highest BCUT2D eigenvalue weighted by atomic mass is 32.2. The van der Waals surface area contributed by atoms with Crippen molar-refractivity contribution in [1.29, 1.82) is 0 Å². The quantitative estimate of drug-likeness (QED) is 0.789. The summed E-state index contributed by atoms with van der Waals surface area (Å²) in [7, 11) is -0.186. The van der Waals surface area contributed by atoms with E-state index in [1.54, 1.807) is 48.2 Å². The molecule has 0 radical (unpaired) electrons. The van der Waals surface area contributed by atoms with Crippen LogP contribution in [-0.4, -0.2) is 87.6 Å². The third-order valence-electron chi connectivity index (χ3n) is 5.26. The lowest BCUT2D eigenvalue weighted by Crippen LogP contribution is -2.45. The average molecular weight is 410 g/mol. The Morgan fingerprint density at radius 1 is 1.21 bits per heavy atom. The van der Waals surface area contributed by atoms with E-state index in [2.05, 4.69) is 5.32 Å². The zero-order valence-corrected chi connectivity index (χ0v) is 17.2. The third kappa shape index (κ3) is 4.39. The van der Waals surface area contributed by atoms with Crippen molar-refractivity contribution in [3.8, 4) is 5.75 Å². The number of hydrogen-bond donors (Lipinski definition) is 1. The predicted molar refractivity (Wildman–Crippen MR) is 105 cm³/mol. The highest BCUT2D eigenvalue weighted by molar-refractivity contribution is 7.88. The van der Waals surface area contributed by atoms with E-state index in [9.17, 15) is 18.0 Å². The lowest BCUT2D eigenvalue weighted by atomic mass is 9.86. The number of amides is 3. The number of hydrogen-bond acceptors (Lipinski definition) is 5. The van der Waals surface area contributed by atoms with Crippen molar-refractivity contribution >= 4 is 27.6 Å². The highest BCUT2D eigenvalue weighted by Crippen LogP contribution is 2.35. The van der Waals surface area contributed by atoms with Crippen LogP contribution in [-0.2, 0) is 14.8 Å². The molecule has 1 aromatic carbocycles. The summed E-state index contributed by atoms with van der Waals surface area (Å²) in [6.07, 6.45) is 1.38. The number of benzene rings is 1. The minimum Gasteiger partial charge on any atom is -0.497 e. The van der Waals surface area contributed by atoms with E-state index in [1.807, 2.05) is 0 Å². The summed E-state index contributed by atoms with van der Waals surface area (Å²) >= 11 is 0. The Labute approximate surface area is 165 Å². The number of rotatable bonds is 3. The first-order valence-corrected chi connectivity index (χ1v) is 10.9. The molecule has 1 aromatic rings. The molecular weight excluding hydrogens is 384 g/mol. The fourth-order valence-electron chi connectivity index (χ4n) is 3.89. The van der Waals surface area contributed by atoms with Crippen molar-refractivity contribution in [2.45, 2.75) is 6.42 Å². The van der Waals surface area contributed by atoms with Crippen LogP contribution in [0.4, 0.5) is 10.5 Å². The number of methoxy groups -OCH3 is 1. The summed E-state index contributed by atoms with van der Waals surface area (Å²) in [6.45, 7) is 1.41. The second-order valence-corrected chi connectivity index (χ2v) is 9.59. The standard InChI is InChI=1S/C18H26N4O5S/c1-20-11-18(10-16(20)23)12-21(7-8-22(13-18)28(3,25)26)17(24)19-14-5-4-6-15(9-14)27-2/h4-6,9H,7-8,10-13H2,1-3H3,(H,19,24)/t18-/m1/s1. The van der Waals surface area contributed by atoms with Crippen LogP contribution in [0.1, 0.15) is 6.42 Å². The van der Waals surface area contributed by atoms with Gasteiger partial charge >= 0.3 is 6.03 Å². The Kier molecular flexibility index (Phi) is 5.53. The van der Waals surface area contributed by atoms with Crippen LogP contribution in [0.2, 0.25) is 0 Å². The molecule has 2 aliphatic rings. The molecule has 0 aliphatic carbocycles. The largest absolute Gasteiger partial charge is 0.497 e. The Balaban J connectivity index is 1.82. The minimum absolute atomic E-state index is 0.0384. The number of sulfonamides is 1. The van der Waals surface area contributed by atoms with Gasteiger partial charge in [0.15, 0.2) is 0 Å². The molecule has 1 N–H and O–H groups in total. The van der Waals surface area contributed by atoms with Gasteiger partial charge in [-0.25, -0.2) is 13.2 Å². The van der Waals surface area contributed by atoms with Gasteiger partial charge in [0, 0.05) is 63.4 Å². The molecule has 2 fully saturated rings. The topological polar surface area (TPSA) is 99.3 Å². The van der Waals surface area contributed by atoms with E-state index < -0.39 is 15.4 Å². The summed E-state index contributed by atoms with van der Waals surface area (Å²) in [5.74, 6) is 0.583. The molecule has 2 aliphatic heterocycles. The van der Waals surface area contributed by atoms with Gasteiger partial charge in [-0.15, -0.1) is 0 Å². The van der Waals surface area contributed by atoms with Crippen LogP contribution in [0.15, 0.2) is 24.3 Å². The van der Waals surface area contributed by atoms with Crippen LogP contribution < -0.4 is 10.1 Å². The average Bonchev–Trinajstić information content (AvgIpc) is 2.79. The number of likely N-dealkylation sites (tertiary alicyclic amines) is 1. The molecule has 3 amide bonds. The monoisotopic (exact) mass is 410 g/mol. The van der Waals surface area contributed by atoms with Crippen molar-refractivity contribution in [2.24, 2.45) is 5.41 Å². The van der Waals surface area contributed by atoms with Crippen molar-refractivity contribution in [3.63, 3.8) is 0 Å². The summed E-state index contributed by atoms with van der Waals surface area (Å²) in [5.41, 5.74) is -0.0286. The van der Waals surface area contributed by atoms with E-state index in [4.69, 9.17) is 4.74 Å². The first kappa shape index (κ1) is 20.4. The van der Waals surface area contributed by atoms with Gasteiger partial charge < -0.3 is 19.9 Å². The minimum atomic E-state index is -3.44. The van der Waals surface area contributed by atoms with E-state index in [-0.39, 0.29) is 38.0 Å². The van der Waals surface area contributed by atoms with Crippen molar-refractivity contribution in [3.05, 3.63) is 24.3 Å². The number of nitrogens with one attached hydrogen (secondary N) is 1. The molecule has 154 valence electrons. The molecule has 2 saturated heterocycles. The Morgan fingerprint density at radius 2 is 1.96 bits per heavy atom. The van der Waals surface area contributed by atoms with E-state index >= 15 is 0 Å². The van der Waals surface area contributed by atoms with Gasteiger partial charge in [-0.05, 0) is 12.1 Å². The van der Waals surface area contributed by atoms with Crippen molar-refractivity contribution < 1.29 is 22.7 Å². The molecule has 0 aromatic heterocycles. The molecular formula is C18H26N4O5S. The zero-order chi connectivity index (χ0) is 20.5. The zero-order valence-electron chi connectivity index (χ0n) is 16.3. The van der Waals surface area contributed by atoms with Crippen LogP contribution in [0.25, 0.3) is 0 Å². The summed E-state index contributed by atoms with van der Waals surface area (Å²) in [6, 6.07) is 6.68. The number of carbonyl (C=O) groups excluding carboxylic acids is 2. The smallest absolute Gasteiger partial charge is 0.321 e. The van der Waals surface area contributed by atoms with Crippen LogP contribution in [0.3, 0.4) is 0 Å². The third-order valence-corrected chi connectivity index (χ3v) is 6.51.